The number of anilines is 3. The Labute approximate surface area is 226 Å². The van der Waals surface area contributed by atoms with E-state index in [4.69, 9.17) is 4.74 Å². The first-order valence-corrected chi connectivity index (χ1v) is 12.7. The second-order valence-corrected chi connectivity index (χ2v) is 9.30. The summed E-state index contributed by atoms with van der Waals surface area (Å²) in [6.45, 7) is 4.06. The van der Waals surface area contributed by atoms with Crippen molar-refractivity contribution in [3.63, 3.8) is 0 Å². The van der Waals surface area contributed by atoms with Gasteiger partial charge in [0.2, 0.25) is 5.91 Å². The average Bonchev–Trinajstić information content (AvgIpc) is 2.93. The summed E-state index contributed by atoms with van der Waals surface area (Å²) in [6.07, 6.45) is 0. The second-order valence-electron chi connectivity index (χ2n) is 9.30. The fraction of sp³-hybridized carbons (Fsp3) is 0.276. The number of carbonyl (C=O) groups is 3. The van der Waals surface area contributed by atoms with E-state index in [9.17, 15) is 18.8 Å². The van der Waals surface area contributed by atoms with Gasteiger partial charge in [0, 0.05) is 56.9 Å². The number of halogens is 1. The van der Waals surface area contributed by atoms with Gasteiger partial charge in [0.15, 0.2) is 0 Å². The Hall–Kier alpha value is -4.44. The molecule has 1 heterocycles. The summed E-state index contributed by atoms with van der Waals surface area (Å²) in [5, 5.41) is 8.55. The summed E-state index contributed by atoms with van der Waals surface area (Å²) in [5.41, 5.74) is 4.09. The summed E-state index contributed by atoms with van der Waals surface area (Å²) in [6, 6.07) is 18.5. The molecule has 0 atom stereocenters. The number of ether oxygens (including phenoxy) is 1. The number of rotatable bonds is 8. The molecule has 3 aromatic rings. The fourth-order valence-electron chi connectivity index (χ4n) is 4.36. The SMILES string of the molecule is COCC(=O)Nc1ccc(N2CCN(C(=O)Nc3cccc(C)c3)CC2)c(C(=O)NCc2ccc(F)cc2)c1. The zero-order valence-electron chi connectivity index (χ0n) is 22.0. The molecule has 0 aromatic heterocycles. The summed E-state index contributed by atoms with van der Waals surface area (Å²) < 4.78 is 18.1. The number of nitrogens with one attached hydrogen (secondary N) is 3. The van der Waals surface area contributed by atoms with E-state index in [0.29, 0.717) is 43.1 Å². The molecule has 0 radical (unpaired) electrons. The molecule has 4 rings (SSSR count). The lowest BCUT2D eigenvalue weighted by Gasteiger charge is -2.37. The highest BCUT2D eigenvalue weighted by atomic mass is 19.1. The van der Waals surface area contributed by atoms with Crippen molar-refractivity contribution in [2.24, 2.45) is 0 Å². The Balaban J connectivity index is 1.46. The first-order valence-electron chi connectivity index (χ1n) is 12.7. The molecule has 10 heteroatoms. The zero-order valence-corrected chi connectivity index (χ0v) is 22.0. The smallest absolute Gasteiger partial charge is 0.321 e. The average molecular weight is 534 g/mol. The summed E-state index contributed by atoms with van der Waals surface area (Å²) >= 11 is 0. The minimum absolute atomic E-state index is 0.111. The van der Waals surface area contributed by atoms with Gasteiger partial charge in [-0.25, -0.2) is 9.18 Å². The van der Waals surface area contributed by atoms with Crippen molar-refractivity contribution in [2.45, 2.75) is 13.5 Å². The number of piperazine rings is 1. The maximum atomic E-state index is 13.3. The molecule has 0 aliphatic carbocycles. The standard InChI is InChI=1S/C29H32FN5O4/c1-20-4-3-5-23(16-20)33-29(38)35-14-12-34(13-15-35)26-11-10-24(32-27(36)19-39-2)17-25(26)28(37)31-18-21-6-8-22(30)9-7-21/h3-11,16-17H,12-15,18-19H2,1-2H3,(H,31,37)(H,32,36)(H,33,38). The van der Waals surface area contributed by atoms with Crippen molar-refractivity contribution in [3.8, 4) is 0 Å². The van der Waals surface area contributed by atoms with Crippen LogP contribution in [0.15, 0.2) is 66.7 Å². The van der Waals surface area contributed by atoms with E-state index >= 15 is 0 Å². The van der Waals surface area contributed by atoms with Gasteiger partial charge in [-0.3, -0.25) is 9.59 Å². The molecule has 9 nitrogen and oxygen atoms in total. The van der Waals surface area contributed by atoms with Gasteiger partial charge in [-0.1, -0.05) is 24.3 Å². The molecule has 1 aliphatic rings. The van der Waals surface area contributed by atoms with Crippen LogP contribution in [-0.2, 0) is 16.1 Å². The first-order chi connectivity index (χ1) is 18.8. The van der Waals surface area contributed by atoms with Crippen molar-refractivity contribution >= 4 is 34.9 Å². The number of hydrogen-bond donors (Lipinski definition) is 3. The first kappa shape index (κ1) is 27.6. The van der Waals surface area contributed by atoms with Crippen LogP contribution in [0.25, 0.3) is 0 Å². The van der Waals surface area contributed by atoms with Crippen molar-refractivity contribution in [1.29, 1.82) is 0 Å². The van der Waals surface area contributed by atoms with Crippen LogP contribution in [0.5, 0.6) is 0 Å². The van der Waals surface area contributed by atoms with Gasteiger partial charge in [0.25, 0.3) is 5.91 Å². The topological polar surface area (TPSA) is 103 Å². The summed E-state index contributed by atoms with van der Waals surface area (Å²) in [7, 11) is 1.43. The van der Waals surface area contributed by atoms with Crippen molar-refractivity contribution in [1.82, 2.24) is 10.2 Å². The minimum atomic E-state index is -0.349. The van der Waals surface area contributed by atoms with Gasteiger partial charge in [0.1, 0.15) is 12.4 Å². The molecule has 0 bridgehead atoms. The molecule has 1 fully saturated rings. The van der Waals surface area contributed by atoms with Crippen molar-refractivity contribution in [2.75, 3.05) is 55.4 Å². The number of carbonyl (C=O) groups excluding carboxylic acids is 3. The molecule has 1 aliphatic heterocycles. The lowest BCUT2D eigenvalue weighted by atomic mass is 10.1. The van der Waals surface area contributed by atoms with Gasteiger partial charge < -0.3 is 30.5 Å². The van der Waals surface area contributed by atoms with Crippen LogP contribution in [0.4, 0.5) is 26.2 Å². The summed E-state index contributed by atoms with van der Waals surface area (Å²) in [4.78, 5) is 41.9. The highest BCUT2D eigenvalue weighted by Gasteiger charge is 2.25. The van der Waals surface area contributed by atoms with Gasteiger partial charge in [0.05, 0.1) is 5.56 Å². The maximum Gasteiger partial charge on any atom is 0.321 e. The third-order valence-corrected chi connectivity index (χ3v) is 6.34. The predicted molar refractivity (Wildman–Crippen MR) is 149 cm³/mol. The largest absolute Gasteiger partial charge is 0.375 e. The molecule has 0 saturated carbocycles. The molecule has 0 unspecified atom stereocenters. The van der Waals surface area contributed by atoms with Gasteiger partial charge >= 0.3 is 6.03 Å². The highest BCUT2D eigenvalue weighted by Crippen LogP contribution is 2.26. The monoisotopic (exact) mass is 533 g/mol. The van der Waals surface area contributed by atoms with Gasteiger partial charge in [-0.2, -0.15) is 0 Å². The Bertz CT molecular complexity index is 1320. The number of methoxy groups -OCH3 is 1. The Morgan fingerprint density at radius 3 is 2.31 bits per heavy atom. The number of hydrogen-bond acceptors (Lipinski definition) is 5. The fourth-order valence-corrected chi connectivity index (χ4v) is 4.36. The van der Waals surface area contributed by atoms with E-state index in [2.05, 4.69) is 16.0 Å². The van der Waals surface area contributed by atoms with Crippen LogP contribution in [-0.4, -0.2) is 62.6 Å². The summed E-state index contributed by atoms with van der Waals surface area (Å²) in [5.74, 6) is -1.02. The number of urea groups is 1. The van der Waals surface area contributed by atoms with E-state index < -0.39 is 0 Å². The van der Waals surface area contributed by atoms with Crippen molar-refractivity contribution in [3.05, 3.63) is 89.2 Å². The number of nitrogens with zero attached hydrogens (tertiary/aromatic N) is 2. The second kappa shape index (κ2) is 12.9. The van der Waals surface area contributed by atoms with Gasteiger partial charge in [-0.15, -0.1) is 0 Å². The molecular weight excluding hydrogens is 501 g/mol. The Kier molecular flexibility index (Phi) is 9.11. The molecule has 0 spiro atoms. The lowest BCUT2D eigenvalue weighted by molar-refractivity contribution is -0.119. The molecule has 39 heavy (non-hydrogen) atoms. The normalized spacial score (nSPS) is 13.1. The van der Waals surface area contributed by atoms with Gasteiger partial charge in [-0.05, 0) is 60.5 Å². The molecule has 3 aromatic carbocycles. The molecule has 204 valence electrons. The number of amides is 4. The van der Waals surface area contributed by atoms with E-state index in [1.165, 1.54) is 19.2 Å². The van der Waals surface area contributed by atoms with Crippen LogP contribution in [0.3, 0.4) is 0 Å². The van der Waals surface area contributed by atoms with Crippen LogP contribution in [0.1, 0.15) is 21.5 Å². The van der Waals surface area contributed by atoms with Crippen LogP contribution in [0, 0.1) is 12.7 Å². The van der Waals surface area contributed by atoms with E-state index in [-0.39, 0.29) is 36.8 Å². The molecule has 4 amide bonds. The quantitative estimate of drug-likeness (QED) is 0.406. The van der Waals surface area contributed by atoms with E-state index in [1.54, 1.807) is 35.2 Å². The minimum Gasteiger partial charge on any atom is -0.375 e. The van der Waals surface area contributed by atoms with E-state index in [0.717, 1.165) is 16.8 Å². The van der Waals surface area contributed by atoms with Crippen molar-refractivity contribution < 1.29 is 23.5 Å². The number of aryl methyl sites for hydroxylation is 1. The van der Waals surface area contributed by atoms with Crippen LogP contribution < -0.4 is 20.9 Å². The highest BCUT2D eigenvalue weighted by molar-refractivity contribution is 6.02. The molecular formula is C29H32FN5O4. The Morgan fingerprint density at radius 2 is 1.62 bits per heavy atom. The van der Waals surface area contributed by atoms with Crippen LogP contribution in [0.2, 0.25) is 0 Å². The zero-order chi connectivity index (χ0) is 27.8. The predicted octanol–water partition coefficient (Wildman–Crippen LogP) is 4.00. The number of benzene rings is 3. The third-order valence-electron chi connectivity index (χ3n) is 6.34. The lowest BCUT2D eigenvalue weighted by Crippen LogP contribution is -2.50. The maximum absolute atomic E-state index is 13.3. The van der Waals surface area contributed by atoms with Crippen LogP contribution >= 0.6 is 0 Å². The Morgan fingerprint density at radius 1 is 0.897 bits per heavy atom. The third kappa shape index (κ3) is 7.55. The van der Waals surface area contributed by atoms with E-state index in [1.807, 2.05) is 36.1 Å². The molecule has 3 N–H and O–H groups in total. The molecule has 1 saturated heterocycles.